The number of para-hydroxylation sites is 1. The van der Waals surface area contributed by atoms with Gasteiger partial charge in [0, 0.05) is 26.7 Å². The summed E-state index contributed by atoms with van der Waals surface area (Å²) >= 11 is 12.5. The van der Waals surface area contributed by atoms with E-state index in [1.54, 1.807) is 30.3 Å². The first-order valence-electron chi connectivity index (χ1n) is 18.0. The summed E-state index contributed by atoms with van der Waals surface area (Å²) in [4.78, 5) is 36.5. The van der Waals surface area contributed by atoms with E-state index in [2.05, 4.69) is 20.3 Å². The van der Waals surface area contributed by atoms with Gasteiger partial charge < -0.3 is 23.9 Å². The van der Waals surface area contributed by atoms with Crippen molar-refractivity contribution in [2.45, 2.75) is 56.9 Å². The van der Waals surface area contributed by atoms with Crippen molar-refractivity contribution in [2.75, 3.05) is 24.5 Å². The summed E-state index contributed by atoms with van der Waals surface area (Å²) in [6.07, 6.45) is -8.95. The predicted molar refractivity (Wildman–Crippen MR) is 211 cm³/mol. The highest BCUT2D eigenvalue weighted by Crippen LogP contribution is 2.41. The Morgan fingerprint density at radius 2 is 1.63 bits per heavy atom. The van der Waals surface area contributed by atoms with Crippen molar-refractivity contribution in [3.63, 3.8) is 0 Å². The van der Waals surface area contributed by atoms with Crippen molar-refractivity contribution in [3.8, 4) is 11.5 Å². The fraction of sp³-hybridized carbons (Fsp3) is 0.342. The highest BCUT2D eigenvalue weighted by atomic mass is 35.5. The van der Waals surface area contributed by atoms with Gasteiger partial charge in [0.05, 0.1) is 48.7 Å². The summed E-state index contributed by atoms with van der Waals surface area (Å²) in [6, 6.07) is 11.6. The number of hydrogen-bond acceptors (Lipinski definition) is 10. The standard InChI is InChI=1S/C21H18F6N6O3S.C17H17Cl2NO3/c1-4-37(35,36)12-8-11-16(30-19(31(11)2)21(25,26)27)29-14(12)17-28-10-7-13(20(22,23)24)33(9-5-6-9)18(34)15(10)32(17)3;1-3-22-10-23-17(21)12-6-4-5-7-14(12)20-16-13(18)9-8-11(2)15(16)19/h7-9H,4-6H2,1-3H3;4-9,20H,3,10H2,1-2H3. The van der Waals surface area contributed by atoms with Crippen molar-refractivity contribution in [2.24, 2.45) is 14.1 Å². The van der Waals surface area contributed by atoms with E-state index in [0.29, 0.717) is 61.6 Å². The van der Waals surface area contributed by atoms with E-state index in [4.69, 9.17) is 32.7 Å². The average Bonchev–Trinajstić information content (AvgIpc) is 3.89. The minimum atomic E-state index is -4.86. The van der Waals surface area contributed by atoms with Gasteiger partial charge in [-0.1, -0.05) is 48.3 Å². The molecule has 0 saturated heterocycles. The Labute approximate surface area is 347 Å². The summed E-state index contributed by atoms with van der Waals surface area (Å²) in [5.74, 6) is -2.56. The Balaban J connectivity index is 0.000000226. The topological polar surface area (TPSA) is 152 Å². The van der Waals surface area contributed by atoms with Crippen LogP contribution < -0.4 is 10.9 Å². The number of halogens is 8. The van der Waals surface area contributed by atoms with E-state index in [1.165, 1.54) is 14.0 Å². The van der Waals surface area contributed by atoms with Crippen LogP contribution >= 0.6 is 23.2 Å². The van der Waals surface area contributed by atoms with Gasteiger partial charge in [0.2, 0.25) is 5.82 Å². The number of aromatic nitrogens is 6. The first kappa shape index (κ1) is 44.4. The molecule has 0 atom stereocenters. The van der Waals surface area contributed by atoms with E-state index in [0.717, 1.165) is 23.2 Å². The minimum Gasteiger partial charge on any atom is -0.435 e. The van der Waals surface area contributed by atoms with Gasteiger partial charge in [-0.05, 0) is 62.6 Å². The average molecular weight is 903 g/mol. The second kappa shape index (κ2) is 16.7. The van der Waals surface area contributed by atoms with Crippen LogP contribution in [0.3, 0.4) is 0 Å². The number of nitrogens with zero attached hydrogens (tertiary/aromatic N) is 6. The SMILES string of the molecule is CCOCOC(=O)c1ccccc1Nc1c(Cl)ccc(C)c1Cl.CCS(=O)(=O)c1cc2c(nc1-c1nc3cc(C(F)(F)F)n(C4CC4)c(=O)c3n1C)nc(C(F)(F)F)n2C. The lowest BCUT2D eigenvalue weighted by molar-refractivity contribution is -0.146. The molecular weight excluding hydrogens is 867 g/mol. The number of esters is 1. The molecule has 1 N–H and O–H groups in total. The van der Waals surface area contributed by atoms with E-state index < -0.39 is 73.3 Å². The van der Waals surface area contributed by atoms with Crippen LogP contribution in [0.5, 0.6) is 0 Å². The number of sulfone groups is 1. The number of hydrogen-bond donors (Lipinski definition) is 1. The number of pyridine rings is 2. The quantitative estimate of drug-likeness (QED) is 0.0610. The molecule has 6 aromatic rings. The van der Waals surface area contributed by atoms with Gasteiger partial charge in [-0.3, -0.25) is 9.36 Å². The number of alkyl halides is 6. The first-order chi connectivity index (χ1) is 28.1. The van der Waals surface area contributed by atoms with Gasteiger partial charge in [-0.15, -0.1) is 0 Å². The number of nitrogens with one attached hydrogen (secondary N) is 1. The molecule has 1 aliphatic rings. The lowest BCUT2D eigenvalue weighted by Gasteiger charge is -2.15. The van der Waals surface area contributed by atoms with E-state index in [9.17, 15) is 44.3 Å². The molecule has 1 fully saturated rings. The van der Waals surface area contributed by atoms with Gasteiger partial charge in [0.1, 0.15) is 16.9 Å². The zero-order valence-corrected chi connectivity index (χ0v) is 34.6. The molecule has 22 heteroatoms. The van der Waals surface area contributed by atoms with Gasteiger partial charge in [0.25, 0.3) is 5.56 Å². The number of anilines is 2. The van der Waals surface area contributed by atoms with Gasteiger partial charge in [-0.2, -0.15) is 26.3 Å². The zero-order chi connectivity index (χ0) is 44.1. The number of fused-ring (bicyclic) bond motifs is 2. The Bertz CT molecular complexity index is 2820. The normalized spacial score (nSPS) is 13.4. The lowest BCUT2D eigenvalue weighted by atomic mass is 10.1. The van der Waals surface area contributed by atoms with Crippen LogP contribution in [0.4, 0.5) is 37.7 Å². The number of imidazole rings is 2. The monoisotopic (exact) mass is 901 g/mol. The molecule has 2 aromatic carbocycles. The maximum Gasteiger partial charge on any atom is 0.449 e. The van der Waals surface area contributed by atoms with Crippen LogP contribution in [-0.4, -0.2) is 62.2 Å². The summed E-state index contributed by atoms with van der Waals surface area (Å²) in [5, 5.41) is 4.10. The van der Waals surface area contributed by atoms with Crippen molar-refractivity contribution in [1.82, 2.24) is 28.7 Å². The molecule has 13 nitrogen and oxygen atoms in total. The Morgan fingerprint density at radius 3 is 2.25 bits per heavy atom. The maximum atomic E-state index is 13.8. The first-order valence-corrected chi connectivity index (χ1v) is 20.4. The number of ether oxygens (including phenoxy) is 2. The number of rotatable bonds is 10. The molecule has 60 heavy (non-hydrogen) atoms. The summed E-state index contributed by atoms with van der Waals surface area (Å²) in [7, 11) is -1.77. The summed E-state index contributed by atoms with van der Waals surface area (Å²) in [5.41, 5.74) is -1.47. The molecule has 1 saturated carbocycles. The minimum absolute atomic E-state index is 0.0877. The summed E-state index contributed by atoms with van der Waals surface area (Å²) in [6.45, 7) is 5.40. The molecule has 0 unspecified atom stereocenters. The van der Waals surface area contributed by atoms with Crippen molar-refractivity contribution in [1.29, 1.82) is 0 Å². The third-order valence-corrected chi connectivity index (χ3v) is 12.0. The highest BCUT2D eigenvalue weighted by molar-refractivity contribution is 7.91. The van der Waals surface area contributed by atoms with Crippen LogP contribution in [0.2, 0.25) is 10.0 Å². The fourth-order valence-electron chi connectivity index (χ4n) is 6.25. The Morgan fingerprint density at radius 1 is 0.950 bits per heavy atom. The van der Waals surface area contributed by atoms with Crippen LogP contribution in [-0.2, 0) is 45.8 Å². The molecule has 4 aromatic heterocycles. The van der Waals surface area contributed by atoms with E-state index >= 15 is 0 Å². The second-order valence-corrected chi connectivity index (χ2v) is 16.5. The van der Waals surface area contributed by atoms with E-state index in [-0.39, 0.29) is 29.2 Å². The maximum absolute atomic E-state index is 13.8. The molecular formula is C38H35Cl2F6N7O6S. The number of aryl methyl sites for hydroxylation is 3. The van der Waals surface area contributed by atoms with Gasteiger partial charge in [-0.25, -0.2) is 28.2 Å². The number of carbonyl (C=O) groups excluding carboxylic acids is 1. The smallest absolute Gasteiger partial charge is 0.435 e. The van der Waals surface area contributed by atoms with E-state index in [1.807, 2.05) is 19.9 Å². The number of benzene rings is 2. The molecule has 0 aliphatic heterocycles. The largest absolute Gasteiger partial charge is 0.449 e. The molecule has 0 amide bonds. The number of carbonyl (C=O) groups is 1. The fourth-order valence-corrected chi connectivity index (χ4v) is 7.75. The van der Waals surface area contributed by atoms with Crippen molar-refractivity contribution < 1.29 is 49.0 Å². The third-order valence-electron chi connectivity index (χ3n) is 9.47. The van der Waals surface area contributed by atoms with Crippen LogP contribution in [0, 0.1) is 6.92 Å². The van der Waals surface area contributed by atoms with Crippen LogP contribution in [0.25, 0.3) is 33.7 Å². The molecule has 1 aliphatic carbocycles. The molecule has 0 radical (unpaired) electrons. The third kappa shape index (κ3) is 8.68. The Kier molecular flexibility index (Phi) is 12.4. The predicted octanol–water partition coefficient (Wildman–Crippen LogP) is 9.05. The lowest BCUT2D eigenvalue weighted by Crippen LogP contribution is -2.28. The molecule has 320 valence electrons. The van der Waals surface area contributed by atoms with Crippen LogP contribution in [0.1, 0.15) is 60.2 Å². The zero-order valence-electron chi connectivity index (χ0n) is 32.3. The van der Waals surface area contributed by atoms with Crippen LogP contribution in [0.15, 0.2) is 58.2 Å². The highest BCUT2D eigenvalue weighted by Gasteiger charge is 2.41. The van der Waals surface area contributed by atoms with Crippen molar-refractivity contribution >= 4 is 72.6 Å². The Hall–Kier alpha value is -5.18. The molecule has 0 spiro atoms. The molecule has 4 heterocycles. The molecule has 0 bridgehead atoms. The summed E-state index contributed by atoms with van der Waals surface area (Å²) < 4.78 is 120. The second-order valence-electron chi connectivity index (χ2n) is 13.5. The van der Waals surface area contributed by atoms with Crippen molar-refractivity contribution in [3.05, 3.63) is 91.6 Å². The van der Waals surface area contributed by atoms with Gasteiger partial charge >= 0.3 is 18.3 Å². The molecule has 7 rings (SSSR count). The van der Waals surface area contributed by atoms with Gasteiger partial charge in [0.15, 0.2) is 28.1 Å².